The molecule has 202 valence electrons. The largest absolute Gasteiger partial charge is 0.497 e. The van der Waals surface area contributed by atoms with E-state index in [0.29, 0.717) is 29.0 Å². The maximum Gasteiger partial charge on any atom is 0.200 e. The highest BCUT2D eigenvalue weighted by molar-refractivity contribution is 9.09. The van der Waals surface area contributed by atoms with Crippen LogP contribution in [-0.2, 0) is 9.16 Å². The van der Waals surface area contributed by atoms with Crippen molar-refractivity contribution in [2.75, 3.05) is 20.3 Å². The Morgan fingerprint density at radius 1 is 0.914 bits per heavy atom. The van der Waals surface area contributed by atoms with Gasteiger partial charge in [-0.3, -0.25) is 0 Å². The fraction of sp³-hybridized carbons (Fsp3) is 0.714. The molecule has 0 aliphatic heterocycles. The van der Waals surface area contributed by atoms with Crippen molar-refractivity contribution in [2.45, 2.75) is 108 Å². The van der Waals surface area contributed by atoms with Gasteiger partial charge in [0, 0.05) is 4.83 Å². The molecule has 0 saturated heterocycles. The summed E-state index contributed by atoms with van der Waals surface area (Å²) in [5.41, 5.74) is 0.0774. The SMILES string of the molecule is COc1ccc(O[C@@](C)(/C=C/CO[Si](C(C)C)(C(C)C)C(C)C)[C@H](CO)OC(C)(C)C(C)Br)cc1. The van der Waals surface area contributed by atoms with Gasteiger partial charge in [0.1, 0.15) is 17.6 Å². The third kappa shape index (κ3) is 8.32. The third-order valence-corrected chi connectivity index (χ3v) is 14.4. The Labute approximate surface area is 223 Å². The van der Waals surface area contributed by atoms with E-state index in [1.165, 1.54) is 0 Å². The molecule has 1 N–H and O–H groups in total. The number of hydrogen-bond donors (Lipinski definition) is 1. The van der Waals surface area contributed by atoms with Gasteiger partial charge >= 0.3 is 0 Å². The third-order valence-electron chi connectivity index (χ3n) is 7.19. The van der Waals surface area contributed by atoms with Gasteiger partial charge in [-0.1, -0.05) is 63.5 Å². The average molecular weight is 574 g/mol. The number of aliphatic hydroxyl groups excluding tert-OH is 1. The summed E-state index contributed by atoms with van der Waals surface area (Å²) in [5, 5.41) is 10.4. The standard InChI is InChI=1S/C28H49BrO5Si/c1-20(2)35(21(3)4,22(5)6)32-18-12-17-28(10,26(19-30)34-27(8,9)23(7)29)33-25-15-13-24(31-11)14-16-25/h12-17,20-23,26,30H,18-19H2,1-11H3/b17-12+/t23?,26-,28-/m0/s1. The molecule has 5 nitrogen and oxygen atoms in total. The molecule has 35 heavy (non-hydrogen) atoms. The topological polar surface area (TPSA) is 57.2 Å². The second-order valence-corrected chi connectivity index (χ2v) is 17.8. The summed E-state index contributed by atoms with van der Waals surface area (Å²) < 4.78 is 24.9. The van der Waals surface area contributed by atoms with E-state index in [9.17, 15) is 5.11 Å². The normalized spacial score (nSPS) is 16.7. The molecule has 0 amide bonds. The number of ether oxygens (including phenoxy) is 3. The minimum atomic E-state index is -1.99. The van der Waals surface area contributed by atoms with Crippen molar-refractivity contribution in [2.24, 2.45) is 0 Å². The molecule has 1 aromatic rings. The highest BCUT2D eigenvalue weighted by Crippen LogP contribution is 2.42. The molecule has 0 radical (unpaired) electrons. The fourth-order valence-electron chi connectivity index (χ4n) is 4.88. The van der Waals surface area contributed by atoms with Gasteiger partial charge in [0.25, 0.3) is 0 Å². The summed E-state index contributed by atoms with van der Waals surface area (Å²) in [7, 11) is -0.354. The van der Waals surface area contributed by atoms with Crippen molar-refractivity contribution in [1.29, 1.82) is 0 Å². The van der Waals surface area contributed by atoms with Crippen LogP contribution in [0.3, 0.4) is 0 Å². The lowest BCUT2D eigenvalue weighted by Gasteiger charge is -2.42. The Hall–Kier alpha value is -0.863. The van der Waals surface area contributed by atoms with Crippen LogP contribution in [0.1, 0.15) is 69.2 Å². The second kappa shape index (κ2) is 13.6. The van der Waals surface area contributed by atoms with Crippen molar-refractivity contribution >= 4 is 24.2 Å². The minimum Gasteiger partial charge on any atom is -0.497 e. The summed E-state index contributed by atoms with van der Waals surface area (Å²) >= 11 is 3.63. The molecule has 3 atom stereocenters. The van der Waals surface area contributed by atoms with Crippen LogP contribution < -0.4 is 9.47 Å². The monoisotopic (exact) mass is 572 g/mol. The number of hydrogen-bond acceptors (Lipinski definition) is 5. The minimum absolute atomic E-state index is 0.0799. The molecule has 0 fully saturated rings. The molecule has 1 aromatic carbocycles. The Kier molecular flexibility index (Phi) is 12.5. The first kappa shape index (κ1) is 32.2. The van der Waals surface area contributed by atoms with E-state index >= 15 is 0 Å². The van der Waals surface area contributed by atoms with Crippen molar-refractivity contribution in [3.8, 4) is 11.5 Å². The number of methoxy groups -OCH3 is 1. The number of rotatable bonds is 15. The lowest BCUT2D eigenvalue weighted by atomic mass is 9.96. The van der Waals surface area contributed by atoms with Crippen LogP contribution >= 0.6 is 15.9 Å². The molecule has 0 saturated carbocycles. The number of aliphatic hydroxyl groups is 1. The lowest BCUT2D eigenvalue weighted by Crippen LogP contribution is -2.52. The van der Waals surface area contributed by atoms with Gasteiger partial charge in [-0.25, -0.2) is 0 Å². The van der Waals surface area contributed by atoms with Crippen molar-refractivity contribution < 1.29 is 23.7 Å². The Bertz CT molecular complexity index is 754. The van der Waals surface area contributed by atoms with Gasteiger partial charge < -0.3 is 23.7 Å². The van der Waals surface area contributed by atoms with Gasteiger partial charge in [-0.15, -0.1) is 0 Å². The van der Waals surface area contributed by atoms with Crippen LogP contribution in [-0.4, -0.2) is 55.9 Å². The number of halogens is 1. The van der Waals surface area contributed by atoms with Gasteiger partial charge in [-0.05, 0) is 74.7 Å². The van der Waals surface area contributed by atoms with Gasteiger partial charge in [-0.2, -0.15) is 0 Å². The first-order chi connectivity index (χ1) is 16.2. The fourth-order valence-corrected chi connectivity index (χ4v) is 10.4. The molecule has 0 bridgehead atoms. The zero-order chi connectivity index (χ0) is 27.0. The molecule has 0 spiro atoms. The predicted octanol–water partition coefficient (Wildman–Crippen LogP) is 7.52. The van der Waals surface area contributed by atoms with Crippen molar-refractivity contribution in [3.05, 3.63) is 36.4 Å². The first-order valence-electron chi connectivity index (χ1n) is 12.7. The zero-order valence-electron chi connectivity index (χ0n) is 23.7. The van der Waals surface area contributed by atoms with Crippen LogP contribution in [0.15, 0.2) is 36.4 Å². The Morgan fingerprint density at radius 3 is 1.80 bits per heavy atom. The Morgan fingerprint density at radius 2 is 1.40 bits per heavy atom. The van der Waals surface area contributed by atoms with E-state index in [2.05, 4.69) is 57.5 Å². The summed E-state index contributed by atoms with van der Waals surface area (Å²) in [6, 6.07) is 7.44. The summed E-state index contributed by atoms with van der Waals surface area (Å²) in [6.45, 7) is 22.0. The van der Waals surface area contributed by atoms with Crippen LogP contribution in [0.25, 0.3) is 0 Å². The van der Waals surface area contributed by atoms with Gasteiger partial charge in [0.2, 0.25) is 8.32 Å². The second-order valence-electron chi connectivity index (χ2n) is 11.0. The predicted molar refractivity (Wildman–Crippen MR) is 153 cm³/mol. The van der Waals surface area contributed by atoms with Crippen LogP contribution in [0.4, 0.5) is 0 Å². The molecule has 1 rings (SSSR count). The molecule has 7 heteroatoms. The number of alkyl halides is 1. The quantitative estimate of drug-likeness (QED) is 0.134. The van der Waals surface area contributed by atoms with Crippen molar-refractivity contribution in [3.63, 3.8) is 0 Å². The maximum absolute atomic E-state index is 10.4. The summed E-state index contributed by atoms with van der Waals surface area (Å²) in [5.74, 6) is 1.42. The highest BCUT2D eigenvalue weighted by Gasteiger charge is 2.45. The number of benzene rings is 1. The van der Waals surface area contributed by atoms with Crippen molar-refractivity contribution in [1.82, 2.24) is 0 Å². The Balaban J connectivity index is 3.28. The molecular formula is C28H49BrO5Si. The van der Waals surface area contributed by atoms with Crippen LogP contribution in [0.5, 0.6) is 11.5 Å². The van der Waals surface area contributed by atoms with E-state index in [0.717, 1.165) is 5.75 Å². The van der Waals surface area contributed by atoms with Crippen LogP contribution in [0, 0.1) is 0 Å². The van der Waals surface area contributed by atoms with E-state index in [1.54, 1.807) is 7.11 Å². The smallest absolute Gasteiger partial charge is 0.200 e. The van der Waals surface area contributed by atoms with E-state index < -0.39 is 25.6 Å². The average Bonchev–Trinajstić information content (AvgIpc) is 2.77. The van der Waals surface area contributed by atoms with Gasteiger partial charge in [0.15, 0.2) is 5.60 Å². The molecule has 0 aromatic heterocycles. The molecular weight excluding hydrogens is 524 g/mol. The van der Waals surface area contributed by atoms with E-state index in [1.807, 2.05) is 64.1 Å². The summed E-state index contributed by atoms with van der Waals surface area (Å²) in [4.78, 5) is 0.0799. The maximum atomic E-state index is 10.4. The van der Waals surface area contributed by atoms with Crippen LogP contribution in [0.2, 0.25) is 16.6 Å². The molecule has 0 aliphatic carbocycles. The molecule has 0 heterocycles. The van der Waals surface area contributed by atoms with E-state index in [4.69, 9.17) is 18.6 Å². The zero-order valence-corrected chi connectivity index (χ0v) is 26.3. The lowest BCUT2D eigenvalue weighted by molar-refractivity contribution is -0.146. The van der Waals surface area contributed by atoms with E-state index in [-0.39, 0.29) is 11.4 Å². The van der Waals surface area contributed by atoms with Gasteiger partial charge in [0.05, 0.1) is 25.9 Å². The molecule has 0 aliphatic rings. The first-order valence-corrected chi connectivity index (χ1v) is 15.8. The summed E-state index contributed by atoms with van der Waals surface area (Å²) in [6.07, 6.45) is 3.40. The molecule has 1 unspecified atom stereocenters. The highest BCUT2D eigenvalue weighted by atomic mass is 79.9.